The molecule has 34 heavy (non-hydrogen) atoms. The topological polar surface area (TPSA) is 77.1 Å². The van der Waals surface area contributed by atoms with Gasteiger partial charge in [-0.2, -0.15) is 0 Å². The van der Waals surface area contributed by atoms with Crippen molar-refractivity contribution in [3.05, 3.63) is 73.9 Å². The number of aliphatic carboxylic acids is 1. The second kappa shape index (κ2) is 8.27. The van der Waals surface area contributed by atoms with Gasteiger partial charge in [-0.3, -0.25) is 14.2 Å². The summed E-state index contributed by atoms with van der Waals surface area (Å²) in [7, 11) is 3.67. The van der Waals surface area contributed by atoms with Crippen LogP contribution in [0.4, 0.5) is 0 Å². The Labute approximate surface area is 208 Å². The van der Waals surface area contributed by atoms with E-state index >= 15 is 0 Å². The lowest BCUT2D eigenvalue weighted by Gasteiger charge is -2.09. The minimum absolute atomic E-state index is 0.157. The molecule has 9 heteroatoms. The molecule has 1 unspecified atom stereocenters. The second-order valence-corrected chi connectivity index (χ2v) is 9.91. The molecule has 0 aliphatic rings. The van der Waals surface area contributed by atoms with Gasteiger partial charge in [0, 0.05) is 52.0 Å². The number of rotatable bonds is 4. The Morgan fingerprint density at radius 1 is 1.03 bits per heavy atom. The summed E-state index contributed by atoms with van der Waals surface area (Å²) in [6, 6.07) is 13.0. The van der Waals surface area contributed by atoms with E-state index in [4.69, 9.17) is 23.2 Å². The van der Waals surface area contributed by atoms with E-state index in [-0.39, 0.29) is 5.56 Å². The summed E-state index contributed by atoms with van der Waals surface area (Å²) in [5.41, 5.74) is 4.11. The van der Waals surface area contributed by atoms with Crippen LogP contribution < -0.4 is 5.56 Å². The van der Waals surface area contributed by atoms with Crippen LogP contribution in [-0.4, -0.2) is 25.2 Å². The van der Waals surface area contributed by atoms with Gasteiger partial charge in [0.1, 0.15) is 10.7 Å². The van der Waals surface area contributed by atoms with Crippen molar-refractivity contribution in [3.63, 3.8) is 0 Å². The molecule has 1 atom stereocenters. The smallest absolute Gasteiger partial charge is 0.312 e. The summed E-state index contributed by atoms with van der Waals surface area (Å²) >= 11 is 13.9. The Kier molecular flexibility index (Phi) is 5.51. The highest BCUT2D eigenvalue weighted by Gasteiger charge is 2.20. The zero-order chi connectivity index (χ0) is 24.3. The quantitative estimate of drug-likeness (QED) is 0.306. The number of hydrogen-bond acceptors (Lipinski definition) is 4. The second-order valence-electron chi connectivity index (χ2n) is 8.21. The molecule has 0 radical (unpaired) electrons. The van der Waals surface area contributed by atoms with E-state index in [0.29, 0.717) is 26.9 Å². The monoisotopic (exact) mass is 511 g/mol. The molecule has 0 saturated carbocycles. The van der Waals surface area contributed by atoms with Crippen LogP contribution in [-0.2, 0) is 18.9 Å². The Balaban J connectivity index is 1.75. The first-order valence-corrected chi connectivity index (χ1v) is 12.1. The molecular formula is C25H19Cl2N3O3S. The molecule has 5 rings (SSSR count). The first-order chi connectivity index (χ1) is 16.2. The molecule has 5 aromatic rings. The minimum Gasteiger partial charge on any atom is -0.481 e. The molecule has 0 spiro atoms. The molecule has 1 N–H and O–H groups in total. The van der Waals surface area contributed by atoms with E-state index in [1.165, 1.54) is 11.3 Å². The van der Waals surface area contributed by atoms with Crippen molar-refractivity contribution in [1.29, 1.82) is 0 Å². The highest BCUT2D eigenvalue weighted by Crippen LogP contribution is 2.36. The van der Waals surface area contributed by atoms with Gasteiger partial charge in [0.05, 0.1) is 22.2 Å². The average molecular weight is 512 g/mol. The lowest BCUT2D eigenvalue weighted by molar-refractivity contribution is -0.138. The number of aryl methyl sites for hydroxylation is 2. The third-order valence-corrected chi connectivity index (χ3v) is 7.61. The maximum Gasteiger partial charge on any atom is 0.312 e. The number of halogens is 2. The first kappa shape index (κ1) is 22.7. The number of pyridine rings is 1. The molecular weight excluding hydrogens is 493 g/mol. The van der Waals surface area contributed by atoms with Crippen molar-refractivity contribution in [2.75, 3.05) is 0 Å². The summed E-state index contributed by atoms with van der Waals surface area (Å²) in [5.74, 6) is -1.58. The zero-order valence-corrected chi connectivity index (χ0v) is 20.8. The lowest BCUT2D eigenvalue weighted by atomic mass is 10.0. The Morgan fingerprint density at radius 2 is 1.79 bits per heavy atom. The fourth-order valence-electron chi connectivity index (χ4n) is 4.27. The lowest BCUT2D eigenvalue weighted by Crippen LogP contribution is -2.20. The van der Waals surface area contributed by atoms with Crippen molar-refractivity contribution < 1.29 is 9.90 Å². The van der Waals surface area contributed by atoms with E-state index in [1.807, 2.05) is 35.9 Å². The van der Waals surface area contributed by atoms with E-state index in [9.17, 15) is 14.7 Å². The van der Waals surface area contributed by atoms with E-state index in [1.54, 1.807) is 42.1 Å². The molecule has 0 fully saturated rings. The standard InChI is InChI=1S/C25H19Cl2N3O3S/c1-12(25(32)33)20-11-34-22(28-20)13-4-7-21-16(8-13)17-10-18(15-6-5-14(26)9-19(15)27)24(31)30(3)23(17)29(21)2/h4-12H,1-3H3,(H,32,33). The number of nitrogens with zero attached hydrogens (tertiary/aromatic N) is 3. The largest absolute Gasteiger partial charge is 0.481 e. The van der Waals surface area contributed by atoms with Crippen LogP contribution >= 0.6 is 34.5 Å². The number of thiazole rings is 1. The van der Waals surface area contributed by atoms with Gasteiger partial charge in [-0.05, 0) is 43.3 Å². The van der Waals surface area contributed by atoms with Crippen molar-refractivity contribution in [3.8, 4) is 21.7 Å². The molecule has 6 nitrogen and oxygen atoms in total. The Bertz CT molecular complexity index is 1680. The zero-order valence-electron chi connectivity index (χ0n) is 18.5. The molecule has 0 amide bonds. The summed E-state index contributed by atoms with van der Waals surface area (Å²) in [6.45, 7) is 1.62. The number of hydrogen-bond donors (Lipinski definition) is 1. The van der Waals surface area contributed by atoms with E-state index < -0.39 is 11.9 Å². The predicted molar refractivity (Wildman–Crippen MR) is 138 cm³/mol. The number of carboxylic acid groups (broad SMARTS) is 1. The van der Waals surface area contributed by atoms with E-state index in [0.717, 1.165) is 32.5 Å². The number of carbonyl (C=O) groups is 1. The summed E-state index contributed by atoms with van der Waals surface area (Å²) < 4.78 is 3.62. The van der Waals surface area contributed by atoms with Gasteiger partial charge in [-0.1, -0.05) is 29.3 Å². The Morgan fingerprint density at radius 3 is 2.50 bits per heavy atom. The number of fused-ring (bicyclic) bond motifs is 3. The molecule has 0 bridgehead atoms. The SMILES string of the molecule is CC(C(=O)O)c1csc(-c2ccc3c(c2)c2cc(-c4ccc(Cl)cc4Cl)c(=O)n(C)c2n3C)n1. The van der Waals surface area contributed by atoms with Crippen molar-refractivity contribution in [2.45, 2.75) is 12.8 Å². The third-order valence-electron chi connectivity index (χ3n) is 6.15. The highest BCUT2D eigenvalue weighted by molar-refractivity contribution is 7.13. The van der Waals surface area contributed by atoms with Crippen LogP contribution in [0.1, 0.15) is 18.5 Å². The van der Waals surface area contributed by atoms with Gasteiger partial charge < -0.3 is 9.67 Å². The average Bonchev–Trinajstić information content (AvgIpc) is 3.39. The fraction of sp³-hybridized carbons (Fsp3) is 0.160. The van der Waals surface area contributed by atoms with Crippen LogP contribution in [0.15, 0.2) is 52.6 Å². The normalized spacial score (nSPS) is 12.5. The third kappa shape index (κ3) is 3.52. The van der Waals surface area contributed by atoms with Gasteiger partial charge in [0.2, 0.25) is 0 Å². The molecule has 3 heterocycles. The summed E-state index contributed by atoms with van der Waals surface area (Å²) in [4.78, 5) is 29.2. The maximum absolute atomic E-state index is 13.3. The van der Waals surface area contributed by atoms with Gasteiger partial charge in [0.25, 0.3) is 5.56 Å². The number of carboxylic acids is 1. The van der Waals surface area contributed by atoms with Crippen molar-refractivity contribution in [2.24, 2.45) is 14.1 Å². The van der Waals surface area contributed by atoms with Gasteiger partial charge in [0.15, 0.2) is 0 Å². The van der Waals surface area contributed by atoms with Crippen LogP contribution in [0.3, 0.4) is 0 Å². The van der Waals surface area contributed by atoms with Gasteiger partial charge in [-0.25, -0.2) is 4.98 Å². The fourth-order valence-corrected chi connectivity index (χ4v) is 5.69. The number of aromatic nitrogens is 3. The maximum atomic E-state index is 13.3. The van der Waals surface area contributed by atoms with Crippen LogP contribution in [0.25, 0.3) is 43.6 Å². The van der Waals surface area contributed by atoms with Crippen LogP contribution in [0.5, 0.6) is 0 Å². The molecule has 0 aliphatic heterocycles. The molecule has 0 saturated heterocycles. The van der Waals surface area contributed by atoms with Gasteiger partial charge in [-0.15, -0.1) is 11.3 Å². The Hall–Kier alpha value is -3.13. The first-order valence-electron chi connectivity index (χ1n) is 10.4. The number of benzene rings is 2. The van der Waals surface area contributed by atoms with Crippen LogP contribution in [0, 0.1) is 0 Å². The molecule has 172 valence electrons. The highest BCUT2D eigenvalue weighted by atomic mass is 35.5. The van der Waals surface area contributed by atoms with Crippen molar-refractivity contribution >= 4 is 62.4 Å². The summed E-state index contributed by atoms with van der Waals surface area (Å²) in [5, 5.41) is 14.6. The molecule has 2 aromatic carbocycles. The minimum atomic E-state index is -0.907. The van der Waals surface area contributed by atoms with E-state index in [2.05, 4.69) is 4.98 Å². The van der Waals surface area contributed by atoms with Gasteiger partial charge >= 0.3 is 5.97 Å². The molecule has 3 aromatic heterocycles. The predicted octanol–water partition coefficient (Wildman–Crippen LogP) is 6.32. The molecule has 0 aliphatic carbocycles. The van der Waals surface area contributed by atoms with Crippen molar-refractivity contribution in [1.82, 2.24) is 14.1 Å². The summed E-state index contributed by atoms with van der Waals surface area (Å²) in [6.07, 6.45) is 0. The van der Waals surface area contributed by atoms with Crippen LogP contribution in [0.2, 0.25) is 10.0 Å².